The number of hydrazone groups is 1. The minimum atomic E-state index is 0.222. The first-order valence-electron chi connectivity index (χ1n) is 4.44. The molecule has 0 saturated heterocycles. The van der Waals surface area contributed by atoms with Gasteiger partial charge in [0, 0.05) is 5.92 Å². The Bertz CT molecular complexity index is 352. The zero-order valence-electron chi connectivity index (χ0n) is 7.56. The van der Waals surface area contributed by atoms with Gasteiger partial charge in [0.15, 0.2) is 5.11 Å². The third kappa shape index (κ3) is 2.30. The standard InChI is InChI=1S/C9H11N3S2/c10-9(13)12-11-8(6-3-4-6)7-2-1-5-14-7/h1-2,5-6H,3-4H2,(H3,10,12,13). The maximum absolute atomic E-state index is 5.33. The molecule has 0 radical (unpaired) electrons. The van der Waals surface area contributed by atoms with Crippen LogP contribution in [0.3, 0.4) is 0 Å². The van der Waals surface area contributed by atoms with Gasteiger partial charge in [0.1, 0.15) is 0 Å². The molecule has 0 atom stereocenters. The molecule has 1 aromatic heterocycles. The highest BCUT2D eigenvalue weighted by atomic mass is 32.1. The van der Waals surface area contributed by atoms with E-state index in [0.717, 1.165) is 5.71 Å². The molecular formula is C9H11N3S2. The molecule has 0 aromatic carbocycles. The topological polar surface area (TPSA) is 50.4 Å². The van der Waals surface area contributed by atoms with E-state index in [1.165, 1.54) is 17.7 Å². The Morgan fingerprint density at radius 2 is 2.43 bits per heavy atom. The molecule has 5 heteroatoms. The number of nitrogens with two attached hydrogens (primary N) is 1. The van der Waals surface area contributed by atoms with Crippen LogP contribution < -0.4 is 11.2 Å². The summed E-state index contributed by atoms with van der Waals surface area (Å²) >= 11 is 6.41. The summed E-state index contributed by atoms with van der Waals surface area (Å²) in [6.07, 6.45) is 2.44. The van der Waals surface area contributed by atoms with E-state index in [4.69, 9.17) is 18.0 Å². The Labute approximate surface area is 92.0 Å². The molecule has 0 bridgehead atoms. The second kappa shape index (κ2) is 4.06. The normalized spacial score (nSPS) is 16.7. The SMILES string of the molecule is NC(=S)NN=C(c1cccs1)C1CC1. The van der Waals surface area contributed by atoms with Gasteiger partial charge >= 0.3 is 0 Å². The molecule has 0 aliphatic heterocycles. The molecule has 1 aromatic rings. The van der Waals surface area contributed by atoms with Crippen LogP contribution in [0.4, 0.5) is 0 Å². The highest BCUT2D eigenvalue weighted by molar-refractivity contribution is 7.80. The number of thiocarbonyl (C=S) groups is 1. The van der Waals surface area contributed by atoms with Crippen molar-refractivity contribution in [3.05, 3.63) is 22.4 Å². The molecule has 2 rings (SSSR count). The van der Waals surface area contributed by atoms with Crippen LogP contribution in [-0.4, -0.2) is 10.8 Å². The maximum Gasteiger partial charge on any atom is 0.184 e. The molecule has 3 nitrogen and oxygen atoms in total. The molecule has 74 valence electrons. The van der Waals surface area contributed by atoms with Gasteiger partial charge in [-0.3, -0.25) is 5.43 Å². The number of hydrogen-bond acceptors (Lipinski definition) is 3. The summed E-state index contributed by atoms with van der Waals surface area (Å²) in [6.45, 7) is 0. The Morgan fingerprint density at radius 3 is 2.93 bits per heavy atom. The fourth-order valence-electron chi connectivity index (χ4n) is 1.24. The molecular weight excluding hydrogens is 214 g/mol. The molecule has 3 N–H and O–H groups in total. The van der Waals surface area contributed by atoms with Crippen LogP contribution in [0.1, 0.15) is 17.7 Å². The smallest absolute Gasteiger partial charge is 0.184 e. The summed E-state index contributed by atoms with van der Waals surface area (Å²) in [7, 11) is 0. The van der Waals surface area contributed by atoms with Crippen molar-refractivity contribution < 1.29 is 0 Å². The van der Waals surface area contributed by atoms with Gasteiger partial charge in [-0.1, -0.05) is 6.07 Å². The minimum Gasteiger partial charge on any atom is -0.375 e. The molecule has 1 saturated carbocycles. The average Bonchev–Trinajstić information content (AvgIpc) is 2.81. The summed E-state index contributed by atoms with van der Waals surface area (Å²) < 4.78 is 0. The number of nitrogens with zero attached hydrogens (tertiary/aromatic N) is 1. The molecule has 1 aliphatic rings. The molecule has 14 heavy (non-hydrogen) atoms. The van der Waals surface area contributed by atoms with Gasteiger partial charge in [-0.15, -0.1) is 11.3 Å². The minimum absolute atomic E-state index is 0.222. The fraction of sp³-hybridized carbons (Fsp3) is 0.333. The molecule has 1 heterocycles. The zero-order valence-corrected chi connectivity index (χ0v) is 9.20. The highest BCUT2D eigenvalue weighted by Crippen LogP contribution is 2.34. The summed E-state index contributed by atoms with van der Waals surface area (Å²) in [5.74, 6) is 0.593. The molecule has 1 fully saturated rings. The predicted octanol–water partition coefficient (Wildman–Crippen LogP) is 1.70. The van der Waals surface area contributed by atoms with Gasteiger partial charge in [-0.2, -0.15) is 5.10 Å². The molecule has 0 amide bonds. The van der Waals surface area contributed by atoms with E-state index in [1.54, 1.807) is 11.3 Å². The van der Waals surface area contributed by atoms with E-state index >= 15 is 0 Å². The van der Waals surface area contributed by atoms with Crippen molar-refractivity contribution in [1.29, 1.82) is 0 Å². The molecule has 0 spiro atoms. The van der Waals surface area contributed by atoms with Crippen molar-refractivity contribution in [3.8, 4) is 0 Å². The Morgan fingerprint density at radius 1 is 1.64 bits per heavy atom. The van der Waals surface area contributed by atoms with Crippen LogP contribution in [0.5, 0.6) is 0 Å². The first-order chi connectivity index (χ1) is 6.77. The fourth-order valence-corrected chi connectivity index (χ4v) is 2.08. The van der Waals surface area contributed by atoms with E-state index in [1.807, 2.05) is 11.4 Å². The first kappa shape index (κ1) is 9.61. The van der Waals surface area contributed by atoms with Crippen molar-refractivity contribution in [3.63, 3.8) is 0 Å². The van der Waals surface area contributed by atoms with Gasteiger partial charge < -0.3 is 5.73 Å². The number of rotatable bonds is 3. The van der Waals surface area contributed by atoms with Gasteiger partial charge in [-0.05, 0) is 36.5 Å². The summed E-state index contributed by atoms with van der Waals surface area (Å²) in [5.41, 5.74) is 9.08. The number of hydrogen-bond donors (Lipinski definition) is 2. The largest absolute Gasteiger partial charge is 0.375 e. The van der Waals surface area contributed by atoms with Crippen molar-refractivity contribution >= 4 is 34.4 Å². The van der Waals surface area contributed by atoms with Crippen LogP contribution >= 0.6 is 23.6 Å². The zero-order chi connectivity index (χ0) is 9.97. The summed E-state index contributed by atoms with van der Waals surface area (Å²) in [4.78, 5) is 1.20. The van der Waals surface area contributed by atoms with Crippen LogP contribution in [0.2, 0.25) is 0 Å². The van der Waals surface area contributed by atoms with Crippen LogP contribution in [0.15, 0.2) is 22.6 Å². The average molecular weight is 225 g/mol. The summed E-state index contributed by atoms with van der Waals surface area (Å²) in [6, 6.07) is 4.10. The van der Waals surface area contributed by atoms with E-state index < -0.39 is 0 Å². The van der Waals surface area contributed by atoms with Gasteiger partial charge in [0.05, 0.1) is 10.6 Å². The summed E-state index contributed by atoms with van der Waals surface area (Å²) in [5, 5.41) is 6.51. The maximum atomic E-state index is 5.33. The molecule has 1 aliphatic carbocycles. The van der Waals surface area contributed by atoms with Gasteiger partial charge in [0.25, 0.3) is 0 Å². The molecule has 0 unspecified atom stereocenters. The number of thiophene rings is 1. The Kier molecular flexibility index (Phi) is 2.79. The van der Waals surface area contributed by atoms with E-state index in [0.29, 0.717) is 5.92 Å². The van der Waals surface area contributed by atoms with Gasteiger partial charge in [-0.25, -0.2) is 0 Å². The third-order valence-corrected chi connectivity index (χ3v) is 3.01. The predicted molar refractivity (Wildman–Crippen MR) is 63.5 cm³/mol. The van der Waals surface area contributed by atoms with Crippen molar-refractivity contribution in [2.45, 2.75) is 12.8 Å². The van der Waals surface area contributed by atoms with Crippen molar-refractivity contribution in [2.24, 2.45) is 16.8 Å². The lowest BCUT2D eigenvalue weighted by molar-refractivity contribution is 1.00. The van der Waals surface area contributed by atoms with Crippen molar-refractivity contribution in [1.82, 2.24) is 5.43 Å². The Balaban J connectivity index is 2.15. The lowest BCUT2D eigenvalue weighted by atomic mass is 10.2. The van der Waals surface area contributed by atoms with Crippen LogP contribution in [-0.2, 0) is 0 Å². The third-order valence-electron chi connectivity index (χ3n) is 2.02. The monoisotopic (exact) mass is 225 g/mol. The van der Waals surface area contributed by atoms with E-state index in [9.17, 15) is 0 Å². The second-order valence-electron chi connectivity index (χ2n) is 3.22. The highest BCUT2D eigenvalue weighted by Gasteiger charge is 2.29. The van der Waals surface area contributed by atoms with E-state index in [-0.39, 0.29) is 5.11 Å². The lowest BCUT2D eigenvalue weighted by Gasteiger charge is -2.02. The number of nitrogens with one attached hydrogen (secondary N) is 1. The Hall–Kier alpha value is -0.940. The lowest BCUT2D eigenvalue weighted by Crippen LogP contribution is -2.25. The van der Waals surface area contributed by atoms with E-state index in [2.05, 4.69) is 16.6 Å². The van der Waals surface area contributed by atoms with Gasteiger partial charge in [0.2, 0.25) is 0 Å². The second-order valence-corrected chi connectivity index (χ2v) is 4.61. The van der Waals surface area contributed by atoms with Crippen molar-refractivity contribution in [2.75, 3.05) is 0 Å². The van der Waals surface area contributed by atoms with Crippen LogP contribution in [0, 0.1) is 5.92 Å². The quantitative estimate of drug-likeness (QED) is 0.467. The first-order valence-corrected chi connectivity index (χ1v) is 5.73. The van der Waals surface area contributed by atoms with Crippen LogP contribution in [0.25, 0.3) is 0 Å².